The van der Waals surface area contributed by atoms with Gasteiger partial charge in [0.05, 0.1) is 10.6 Å². The molecule has 0 heterocycles. The van der Waals surface area contributed by atoms with Gasteiger partial charge in [-0.15, -0.1) is 0 Å². The maximum Gasteiger partial charge on any atom is 0.176 e. The largest absolute Gasteiger partial charge is 0.455 e. The highest BCUT2D eigenvalue weighted by Crippen LogP contribution is 2.32. The number of halogens is 2. The van der Waals surface area contributed by atoms with E-state index >= 15 is 0 Å². The first-order valence-electron chi connectivity index (χ1n) is 5.73. The minimum Gasteiger partial charge on any atom is -0.455 e. The first-order valence-corrected chi connectivity index (χ1v) is 6.11. The molecule has 6 heteroatoms. The van der Waals surface area contributed by atoms with Gasteiger partial charge in [0.25, 0.3) is 0 Å². The molecule has 0 radical (unpaired) electrons. The van der Waals surface area contributed by atoms with Crippen LogP contribution in [0.1, 0.15) is 11.1 Å². The molecule has 0 aliphatic heterocycles. The van der Waals surface area contributed by atoms with Crippen LogP contribution in [0.5, 0.6) is 11.5 Å². The van der Waals surface area contributed by atoms with Crippen molar-refractivity contribution in [2.75, 3.05) is 0 Å². The van der Waals surface area contributed by atoms with E-state index < -0.39 is 5.82 Å². The maximum absolute atomic E-state index is 13.8. The van der Waals surface area contributed by atoms with Crippen molar-refractivity contribution in [3.05, 3.63) is 58.4 Å². The Morgan fingerprint density at radius 1 is 1.30 bits per heavy atom. The van der Waals surface area contributed by atoms with Crippen molar-refractivity contribution in [3.8, 4) is 11.5 Å². The molecular formula is C14H12ClFN2O2. The van der Waals surface area contributed by atoms with Crippen molar-refractivity contribution in [3.63, 3.8) is 0 Å². The summed E-state index contributed by atoms with van der Waals surface area (Å²) in [4.78, 5) is 0. The van der Waals surface area contributed by atoms with E-state index in [4.69, 9.17) is 27.3 Å². The van der Waals surface area contributed by atoms with Gasteiger partial charge in [-0.2, -0.15) is 0 Å². The quantitative estimate of drug-likeness (QED) is 0.393. The van der Waals surface area contributed by atoms with E-state index in [0.29, 0.717) is 10.8 Å². The summed E-state index contributed by atoms with van der Waals surface area (Å²) in [6, 6.07) is 9.37. The number of amidine groups is 1. The van der Waals surface area contributed by atoms with Crippen molar-refractivity contribution < 1.29 is 14.3 Å². The summed E-state index contributed by atoms with van der Waals surface area (Å²) in [5.74, 6) is -0.541. The fourth-order valence-corrected chi connectivity index (χ4v) is 1.85. The van der Waals surface area contributed by atoms with Crippen molar-refractivity contribution in [1.82, 2.24) is 0 Å². The lowest BCUT2D eigenvalue weighted by Gasteiger charge is -2.12. The van der Waals surface area contributed by atoms with E-state index in [2.05, 4.69) is 5.16 Å². The molecule has 0 atom stereocenters. The van der Waals surface area contributed by atoms with Gasteiger partial charge in [0, 0.05) is 0 Å². The molecule has 0 bridgehead atoms. The second kappa shape index (κ2) is 5.79. The molecule has 3 N–H and O–H groups in total. The van der Waals surface area contributed by atoms with E-state index in [1.165, 1.54) is 18.2 Å². The summed E-state index contributed by atoms with van der Waals surface area (Å²) in [6.07, 6.45) is 0. The monoisotopic (exact) mass is 294 g/mol. The summed E-state index contributed by atoms with van der Waals surface area (Å²) >= 11 is 6.02. The molecule has 0 saturated carbocycles. The highest BCUT2D eigenvalue weighted by molar-refractivity contribution is 6.32. The number of oxime groups is 1. The predicted molar refractivity (Wildman–Crippen MR) is 75.2 cm³/mol. The lowest BCUT2D eigenvalue weighted by atomic mass is 10.1. The molecule has 0 amide bonds. The average molecular weight is 295 g/mol. The fraction of sp³-hybridized carbons (Fsp3) is 0.0714. The molecule has 20 heavy (non-hydrogen) atoms. The Bertz CT molecular complexity index is 674. The molecule has 0 aliphatic carbocycles. The van der Waals surface area contributed by atoms with Gasteiger partial charge in [-0.1, -0.05) is 28.9 Å². The number of nitrogens with zero attached hydrogens (tertiary/aromatic N) is 1. The molecule has 4 nitrogen and oxygen atoms in total. The molecule has 0 unspecified atom stereocenters. The van der Waals surface area contributed by atoms with Gasteiger partial charge >= 0.3 is 0 Å². The van der Waals surface area contributed by atoms with Crippen LogP contribution in [-0.2, 0) is 0 Å². The average Bonchev–Trinajstić information content (AvgIpc) is 2.42. The molecular weight excluding hydrogens is 283 g/mol. The molecule has 0 aromatic heterocycles. The third-order valence-corrected chi connectivity index (χ3v) is 2.96. The van der Waals surface area contributed by atoms with Crippen LogP contribution in [0.25, 0.3) is 0 Å². The maximum atomic E-state index is 13.8. The smallest absolute Gasteiger partial charge is 0.176 e. The third kappa shape index (κ3) is 2.83. The number of hydrogen-bond donors (Lipinski definition) is 2. The van der Waals surface area contributed by atoms with Crippen LogP contribution in [0, 0.1) is 12.7 Å². The lowest BCUT2D eigenvalue weighted by molar-refractivity contribution is 0.318. The Morgan fingerprint density at radius 3 is 2.75 bits per heavy atom. The Labute approximate surface area is 120 Å². The number of rotatable bonds is 3. The van der Waals surface area contributed by atoms with Gasteiger partial charge in [-0.25, -0.2) is 4.39 Å². The zero-order chi connectivity index (χ0) is 14.7. The SMILES string of the molecule is Cc1ccc(Cl)c(Oc2cccc(F)c2C(N)=NO)c1. The van der Waals surface area contributed by atoms with Gasteiger partial charge in [0.15, 0.2) is 5.84 Å². The normalized spacial score (nSPS) is 11.4. The molecule has 0 fully saturated rings. The van der Waals surface area contributed by atoms with E-state index in [0.717, 1.165) is 5.56 Å². The van der Waals surface area contributed by atoms with E-state index in [1.54, 1.807) is 12.1 Å². The van der Waals surface area contributed by atoms with Crippen molar-refractivity contribution in [2.45, 2.75) is 6.92 Å². The zero-order valence-electron chi connectivity index (χ0n) is 10.6. The second-order valence-electron chi connectivity index (χ2n) is 4.13. The Hall–Kier alpha value is -2.27. The number of benzene rings is 2. The molecule has 2 aromatic rings. The van der Waals surface area contributed by atoms with Crippen molar-refractivity contribution >= 4 is 17.4 Å². The highest BCUT2D eigenvalue weighted by Gasteiger charge is 2.16. The van der Waals surface area contributed by atoms with Crippen LogP contribution in [0.15, 0.2) is 41.6 Å². The number of nitrogens with two attached hydrogens (primary N) is 1. The standard InChI is InChI=1S/C14H12ClFN2O2/c1-8-5-6-9(15)12(7-8)20-11-4-2-3-10(16)13(11)14(17)18-19/h2-7,19H,1H3,(H2,17,18). The fourth-order valence-electron chi connectivity index (χ4n) is 1.70. The molecule has 2 aromatic carbocycles. The van der Waals surface area contributed by atoms with Gasteiger partial charge < -0.3 is 15.7 Å². The van der Waals surface area contributed by atoms with Crippen molar-refractivity contribution in [2.24, 2.45) is 10.9 Å². The van der Waals surface area contributed by atoms with Gasteiger partial charge in [0.1, 0.15) is 17.3 Å². The summed E-state index contributed by atoms with van der Waals surface area (Å²) in [5.41, 5.74) is 6.28. The highest BCUT2D eigenvalue weighted by atomic mass is 35.5. The van der Waals surface area contributed by atoms with Crippen molar-refractivity contribution in [1.29, 1.82) is 0 Å². The first kappa shape index (κ1) is 14.1. The Morgan fingerprint density at radius 2 is 2.05 bits per heavy atom. The predicted octanol–water partition coefficient (Wildman–Crippen LogP) is 3.67. The van der Waals surface area contributed by atoms with E-state index in [1.807, 2.05) is 13.0 Å². The minimum atomic E-state index is -0.651. The topological polar surface area (TPSA) is 67.8 Å². The first-order chi connectivity index (χ1) is 9.52. The molecule has 0 spiro atoms. The summed E-state index contributed by atoms with van der Waals surface area (Å²) < 4.78 is 19.4. The van der Waals surface area contributed by atoms with E-state index in [9.17, 15) is 4.39 Å². The summed E-state index contributed by atoms with van der Waals surface area (Å²) in [7, 11) is 0. The lowest BCUT2D eigenvalue weighted by Crippen LogP contribution is -2.16. The number of ether oxygens (including phenoxy) is 1. The van der Waals surface area contributed by atoms with Crippen LogP contribution in [0.4, 0.5) is 4.39 Å². The van der Waals surface area contributed by atoms with Gasteiger partial charge in [-0.3, -0.25) is 0 Å². The Kier molecular flexibility index (Phi) is 4.10. The Balaban J connectivity index is 2.49. The van der Waals surface area contributed by atoms with Crippen LogP contribution in [0.2, 0.25) is 5.02 Å². The third-order valence-electron chi connectivity index (χ3n) is 2.65. The molecule has 2 rings (SSSR count). The second-order valence-corrected chi connectivity index (χ2v) is 4.54. The van der Waals surface area contributed by atoms with Gasteiger partial charge in [-0.05, 0) is 36.8 Å². The van der Waals surface area contributed by atoms with Crippen LogP contribution in [0.3, 0.4) is 0 Å². The molecule has 0 aliphatic rings. The van der Waals surface area contributed by atoms with Gasteiger partial charge in [0.2, 0.25) is 0 Å². The van der Waals surface area contributed by atoms with E-state index in [-0.39, 0.29) is 17.1 Å². The molecule has 104 valence electrons. The minimum absolute atomic E-state index is 0.118. The molecule has 0 saturated heterocycles. The summed E-state index contributed by atoms with van der Waals surface area (Å²) in [6.45, 7) is 1.87. The van der Waals surface area contributed by atoms with Crippen LogP contribution >= 0.6 is 11.6 Å². The number of aryl methyl sites for hydroxylation is 1. The van der Waals surface area contributed by atoms with Crippen LogP contribution < -0.4 is 10.5 Å². The number of hydrogen-bond acceptors (Lipinski definition) is 3. The van der Waals surface area contributed by atoms with Crippen LogP contribution in [-0.4, -0.2) is 11.0 Å². The zero-order valence-corrected chi connectivity index (χ0v) is 11.4. The summed E-state index contributed by atoms with van der Waals surface area (Å²) in [5, 5.41) is 11.9.